The molecule has 70 valence electrons. The maximum Gasteiger partial charge on any atom is 0.122 e. The summed E-state index contributed by atoms with van der Waals surface area (Å²) in [6.45, 7) is 0.962. The van der Waals surface area contributed by atoms with Crippen molar-refractivity contribution in [1.82, 2.24) is 5.32 Å². The minimum atomic E-state index is 0.336. The fourth-order valence-corrected chi connectivity index (χ4v) is 1.07. The predicted molar refractivity (Wildman–Crippen MR) is 55.7 cm³/mol. The third-order valence-electron chi connectivity index (χ3n) is 1.80. The molecular formula is C11H15NO. The second-order valence-electron chi connectivity index (χ2n) is 2.85. The van der Waals surface area contributed by atoms with Crippen molar-refractivity contribution < 1.29 is 5.11 Å². The molecule has 0 amide bonds. The first-order chi connectivity index (χ1) is 6.34. The molecule has 13 heavy (non-hydrogen) atoms. The topological polar surface area (TPSA) is 32.3 Å². The largest absolute Gasteiger partial charge is 0.507 e. The summed E-state index contributed by atoms with van der Waals surface area (Å²) in [5.74, 6) is 0.336. The Bertz CT molecular complexity index is 281. The van der Waals surface area contributed by atoms with Gasteiger partial charge in [0, 0.05) is 5.56 Å². The van der Waals surface area contributed by atoms with Crippen molar-refractivity contribution in [2.24, 2.45) is 0 Å². The summed E-state index contributed by atoms with van der Waals surface area (Å²) in [6, 6.07) is 7.32. The number of nitrogens with one attached hydrogen (secondary N) is 1. The van der Waals surface area contributed by atoms with Gasteiger partial charge in [-0.05, 0) is 26.1 Å². The molecule has 1 rings (SSSR count). The summed E-state index contributed by atoms with van der Waals surface area (Å²) in [4.78, 5) is 0. The van der Waals surface area contributed by atoms with E-state index in [1.54, 1.807) is 6.07 Å². The van der Waals surface area contributed by atoms with E-state index in [4.69, 9.17) is 0 Å². The average Bonchev–Trinajstić information content (AvgIpc) is 2.15. The summed E-state index contributed by atoms with van der Waals surface area (Å²) in [6.07, 6.45) is 4.96. The smallest absolute Gasteiger partial charge is 0.122 e. The van der Waals surface area contributed by atoms with Gasteiger partial charge in [0.05, 0.1) is 0 Å². The van der Waals surface area contributed by atoms with Crippen LogP contribution in [0.3, 0.4) is 0 Å². The van der Waals surface area contributed by atoms with Crippen molar-refractivity contribution in [3.8, 4) is 5.75 Å². The second-order valence-corrected chi connectivity index (χ2v) is 2.85. The van der Waals surface area contributed by atoms with Gasteiger partial charge in [0.1, 0.15) is 5.75 Å². The van der Waals surface area contributed by atoms with E-state index in [0.717, 1.165) is 18.5 Å². The Morgan fingerprint density at radius 1 is 1.38 bits per heavy atom. The molecule has 0 unspecified atom stereocenters. The second kappa shape index (κ2) is 5.38. The van der Waals surface area contributed by atoms with E-state index in [1.165, 1.54) is 0 Å². The molecule has 0 heterocycles. The Kier molecular flexibility index (Phi) is 4.06. The molecule has 0 spiro atoms. The van der Waals surface area contributed by atoms with Gasteiger partial charge in [-0.1, -0.05) is 30.4 Å². The molecule has 0 fully saturated rings. The first-order valence-corrected chi connectivity index (χ1v) is 4.43. The molecular weight excluding hydrogens is 162 g/mol. The third kappa shape index (κ3) is 3.30. The van der Waals surface area contributed by atoms with Gasteiger partial charge in [-0.2, -0.15) is 0 Å². The lowest BCUT2D eigenvalue weighted by molar-refractivity contribution is 0.474. The molecule has 2 N–H and O–H groups in total. The quantitative estimate of drug-likeness (QED) is 0.689. The van der Waals surface area contributed by atoms with E-state index in [1.807, 2.05) is 37.4 Å². The molecule has 1 aromatic rings. The monoisotopic (exact) mass is 177 g/mol. The van der Waals surface area contributed by atoms with Crippen LogP contribution in [0.15, 0.2) is 30.3 Å². The van der Waals surface area contributed by atoms with Gasteiger partial charge in [0.2, 0.25) is 0 Å². The summed E-state index contributed by atoms with van der Waals surface area (Å²) < 4.78 is 0. The van der Waals surface area contributed by atoms with Crippen molar-refractivity contribution in [2.45, 2.75) is 6.42 Å². The number of benzene rings is 1. The highest BCUT2D eigenvalue weighted by molar-refractivity contribution is 5.56. The molecule has 0 saturated heterocycles. The zero-order valence-corrected chi connectivity index (χ0v) is 7.83. The van der Waals surface area contributed by atoms with E-state index in [0.29, 0.717) is 5.75 Å². The lowest BCUT2D eigenvalue weighted by Gasteiger charge is -1.97. The maximum atomic E-state index is 9.40. The molecule has 0 aliphatic heterocycles. The van der Waals surface area contributed by atoms with Crippen LogP contribution in [0.25, 0.3) is 6.08 Å². The lowest BCUT2D eigenvalue weighted by Crippen LogP contribution is -2.05. The van der Waals surface area contributed by atoms with Gasteiger partial charge in [0.15, 0.2) is 0 Å². The van der Waals surface area contributed by atoms with Gasteiger partial charge >= 0.3 is 0 Å². The van der Waals surface area contributed by atoms with E-state index in [-0.39, 0.29) is 0 Å². The first kappa shape index (κ1) is 9.81. The molecule has 0 aromatic heterocycles. The molecule has 0 bridgehead atoms. The fraction of sp³-hybridized carbons (Fsp3) is 0.273. The van der Waals surface area contributed by atoms with Crippen LogP contribution in [0, 0.1) is 0 Å². The van der Waals surface area contributed by atoms with Crippen LogP contribution >= 0.6 is 0 Å². The number of para-hydroxylation sites is 1. The lowest BCUT2D eigenvalue weighted by atomic mass is 10.2. The normalized spacial score (nSPS) is 10.8. The first-order valence-electron chi connectivity index (χ1n) is 4.43. The number of aromatic hydroxyl groups is 1. The molecule has 0 saturated carbocycles. The van der Waals surface area contributed by atoms with Gasteiger partial charge in [0.25, 0.3) is 0 Å². The molecule has 0 radical (unpaired) electrons. The van der Waals surface area contributed by atoms with E-state index < -0.39 is 0 Å². The molecule has 0 atom stereocenters. The molecule has 2 nitrogen and oxygen atoms in total. The molecule has 0 aliphatic rings. The van der Waals surface area contributed by atoms with Gasteiger partial charge < -0.3 is 10.4 Å². The zero-order valence-electron chi connectivity index (χ0n) is 7.83. The van der Waals surface area contributed by atoms with E-state index in [9.17, 15) is 5.11 Å². The summed E-state index contributed by atoms with van der Waals surface area (Å²) >= 11 is 0. The van der Waals surface area contributed by atoms with Crippen LogP contribution in [-0.4, -0.2) is 18.7 Å². The molecule has 2 heteroatoms. The van der Waals surface area contributed by atoms with Crippen molar-refractivity contribution >= 4 is 6.08 Å². The van der Waals surface area contributed by atoms with Crippen LogP contribution < -0.4 is 5.32 Å². The zero-order chi connectivity index (χ0) is 9.52. The summed E-state index contributed by atoms with van der Waals surface area (Å²) in [7, 11) is 1.92. The standard InChI is InChI=1S/C11H15NO/c1-12-9-5-4-7-10-6-2-3-8-11(10)13/h2-4,6-8,12-13H,5,9H2,1H3/b7-4-. The van der Waals surface area contributed by atoms with Crippen molar-refractivity contribution in [2.75, 3.05) is 13.6 Å². The maximum absolute atomic E-state index is 9.40. The summed E-state index contributed by atoms with van der Waals surface area (Å²) in [5, 5.41) is 12.5. The third-order valence-corrected chi connectivity index (χ3v) is 1.80. The van der Waals surface area contributed by atoms with Crippen molar-refractivity contribution in [3.05, 3.63) is 35.9 Å². The van der Waals surface area contributed by atoms with E-state index in [2.05, 4.69) is 5.32 Å². The van der Waals surface area contributed by atoms with Crippen LogP contribution in [0.2, 0.25) is 0 Å². The van der Waals surface area contributed by atoms with Gasteiger partial charge in [-0.25, -0.2) is 0 Å². The molecule has 1 aromatic carbocycles. The minimum Gasteiger partial charge on any atom is -0.507 e. The number of phenols is 1. The highest BCUT2D eigenvalue weighted by Gasteiger charge is 1.92. The number of hydrogen-bond donors (Lipinski definition) is 2. The summed E-state index contributed by atoms with van der Waals surface area (Å²) in [5.41, 5.74) is 0.874. The Morgan fingerprint density at radius 2 is 2.15 bits per heavy atom. The SMILES string of the molecule is CNCC/C=C\c1ccccc1O. The fourth-order valence-electron chi connectivity index (χ4n) is 1.07. The van der Waals surface area contributed by atoms with Crippen LogP contribution in [0.4, 0.5) is 0 Å². The average molecular weight is 177 g/mol. The predicted octanol–water partition coefficient (Wildman–Crippen LogP) is 2.01. The van der Waals surface area contributed by atoms with Gasteiger partial charge in [-0.15, -0.1) is 0 Å². The Balaban J connectivity index is 2.53. The molecule has 0 aliphatic carbocycles. The van der Waals surface area contributed by atoms with Crippen molar-refractivity contribution in [1.29, 1.82) is 0 Å². The van der Waals surface area contributed by atoms with Crippen LogP contribution in [-0.2, 0) is 0 Å². The highest BCUT2D eigenvalue weighted by atomic mass is 16.3. The number of phenolic OH excluding ortho intramolecular Hbond substituents is 1. The number of rotatable bonds is 4. The van der Waals surface area contributed by atoms with Gasteiger partial charge in [-0.3, -0.25) is 0 Å². The number of hydrogen-bond acceptors (Lipinski definition) is 2. The van der Waals surface area contributed by atoms with Crippen LogP contribution in [0.5, 0.6) is 5.75 Å². The van der Waals surface area contributed by atoms with Crippen molar-refractivity contribution in [3.63, 3.8) is 0 Å². The van der Waals surface area contributed by atoms with E-state index >= 15 is 0 Å². The Labute approximate surface area is 78.9 Å². The Hall–Kier alpha value is -1.28. The highest BCUT2D eigenvalue weighted by Crippen LogP contribution is 2.16. The van der Waals surface area contributed by atoms with Crippen LogP contribution in [0.1, 0.15) is 12.0 Å². The Morgan fingerprint density at radius 3 is 2.85 bits per heavy atom. The minimum absolute atomic E-state index is 0.336.